The summed E-state index contributed by atoms with van der Waals surface area (Å²) >= 11 is 0. The number of carbonyl (C=O) groups excluding carboxylic acids is 11. The van der Waals surface area contributed by atoms with E-state index in [9.17, 15) is 118 Å². The van der Waals surface area contributed by atoms with Gasteiger partial charge in [0.2, 0.25) is 72.5 Å². The highest BCUT2D eigenvalue weighted by molar-refractivity contribution is 7.58. The molecule has 48 nitrogen and oxygen atoms in total. The summed E-state index contributed by atoms with van der Waals surface area (Å²) in [7, 11) is -8.02. The summed E-state index contributed by atoms with van der Waals surface area (Å²) in [6, 6.07) is -4.74. The smallest absolute Gasteiger partial charge is 0.330 e. The van der Waals surface area contributed by atoms with E-state index in [0.717, 1.165) is 20.8 Å². The molecule has 11 amide bonds. The van der Waals surface area contributed by atoms with Gasteiger partial charge in [-0.1, -0.05) is 13.8 Å². The first-order chi connectivity index (χ1) is 55.7. The fourth-order valence-corrected chi connectivity index (χ4v) is 14.2. The van der Waals surface area contributed by atoms with Crippen LogP contribution in [0.3, 0.4) is 0 Å². The van der Waals surface area contributed by atoms with Gasteiger partial charge in [-0.05, 0) is 19.6 Å². The first kappa shape index (κ1) is 102. The van der Waals surface area contributed by atoms with Crippen LogP contribution in [-0.4, -0.2) is 390 Å². The summed E-state index contributed by atoms with van der Waals surface area (Å²) in [4.78, 5) is 165. The molecule has 0 aromatic carbocycles. The van der Waals surface area contributed by atoms with Gasteiger partial charge in [-0.2, -0.15) is 0 Å². The van der Waals surface area contributed by atoms with Gasteiger partial charge < -0.3 is 180 Å². The van der Waals surface area contributed by atoms with Crippen LogP contribution in [0.4, 0.5) is 0 Å². The zero-order valence-corrected chi connectivity index (χ0v) is 68.3. The van der Waals surface area contributed by atoms with Crippen molar-refractivity contribution in [3.05, 3.63) is 0 Å². The van der Waals surface area contributed by atoms with Gasteiger partial charge in [0.1, 0.15) is 84.7 Å². The normalized spacial score (nSPS) is 29.2. The van der Waals surface area contributed by atoms with E-state index in [4.69, 9.17) is 60.9 Å². The Morgan fingerprint density at radius 1 is 0.475 bits per heavy atom. The molecule has 22 N–H and O–H groups in total. The van der Waals surface area contributed by atoms with E-state index in [1.807, 2.05) is 0 Å². The number of hydrogen-bond acceptors (Lipinski definition) is 36. The first-order valence-electron chi connectivity index (χ1n) is 38.3. The van der Waals surface area contributed by atoms with E-state index in [0.29, 0.717) is 0 Å². The van der Waals surface area contributed by atoms with Gasteiger partial charge in [0.25, 0.3) is 0 Å². The standard InChI is InChI=1S/C68H119N11O37P2/c1-36(2)118(102,103)111-29-47-43(22-37(3)112-47)116-117(7,101)110-28-41-23-42(86)24-79(41)55(94)9-8-54(93)78-68(30-104-16-10-48(87)69-33-72-51(90)13-19-107-65-56(75-38(4)83)62(98)59(95)44(25-80)113-65,31-105-17-11-49(88)70-34-73-52(91)14-20-108-66-57(76-39(5)84)63(99)60(96)45(26-81)114-66)32-106-18-12-50(89)71-35-74-53(92)15-21-109-67-58(77-40(6)85)64(100)61(97)46(27-82)115-67/h36-37,41-47,56-67,80-82,86,95-101H,7-35H2,1-6H3,(H,69,87)(H,70,88)(H,71,89)(H,72,90)(H,73,91)(H,74,92)(H,75,83)(H,76,84)(H,77,85)(H,78,93)(H,102,103)/t37-,41-,42+,43-,44?,45?,46?,47+,56?,57?,58?,59-,60-,61-,62+,63+,64+,65+,66+,67+,68?,117?/m0/s1. The van der Waals surface area contributed by atoms with Crippen LogP contribution >= 0.6 is 15.2 Å². The number of β-amino-alcohol motifs (C(OH)–C–C–N with tert-alkyl or cyclic N) is 1. The maximum Gasteiger partial charge on any atom is 0.330 e. The molecule has 5 heterocycles. The fourth-order valence-electron chi connectivity index (χ4n) is 12.5. The minimum Gasteiger partial charge on any atom is -0.394 e. The van der Waals surface area contributed by atoms with E-state index >= 15 is 0 Å². The molecule has 5 aliphatic rings. The van der Waals surface area contributed by atoms with E-state index < -0.39 is 332 Å². The van der Waals surface area contributed by atoms with Crippen LogP contribution in [0.25, 0.3) is 0 Å². The number of nitrogens with zero attached hydrogens (tertiary/aromatic N) is 1. The Hall–Kier alpha value is -6.30. The topological polar surface area (TPSA) is 691 Å². The second-order valence-electron chi connectivity index (χ2n) is 28.9. The number of rotatable bonds is 52. The Morgan fingerprint density at radius 3 is 1.17 bits per heavy atom. The van der Waals surface area contributed by atoms with Crippen molar-refractivity contribution in [1.29, 1.82) is 0 Å². The number of hydrogen-bond donors (Lipinski definition) is 22. The molecule has 8 unspecified atom stereocenters. The third-order valence-corrected chi connectivity index (χ3v) is 21.7. The Labute approximate surface area is 679 Å². The molecule has 0 bridgehead atoms. The monoisotopic (exact) mass is 1740 g/mol. The van der Waals surface area contributed by atoms with Gasteiger partial charge in [0.15, 0.2) is 18.9 Å². The summed E-state index contributed by atoms with van der Waals surface area (Å²) < 4.78 is 86.5. The number of nitrogens with one attached hydrogen (secondary N) is 10. The molecule has 0 aliphatic carbocycles. The minimum atomic E-state index is -4.03. The number of aliphatic hydroxyl groups excluding tert-OH is 10. The van der Waals surface area contributed by atoms with E-state index in [1.165, 1.54) is 18.7 Å². The molecule has 50 heteroatoms. The van der Waals surface area contributed by atoms with Gasteiger partial charge in [-0.15, -0.1) is 0 Å². The van der Waals surface area contributed by atoms with Crippen molar-refractivity contribution < 1.29 is 179 Å². The molecule has 0 aromatic rings. The largest absolute Gasteiger partial charge is 0.394 e. The molecule has 5 fully saturated rings. The molecule has 0 aromatic heterocycles. The van der Waals surface area contributed by atoms with E-state index in [-0.39, 0.29) is 65.1 Å². The van der Waals surface area contributed by atoms with Gasteiger partial charge in [0, 0.05) is 46.6 Å². The average molecular weight is 1740 g/mol. The van der Waals surface area contributed by atoms with Crippen LogP contribution in [0.2, 0.25) is 0 Å². The quantitative estimate of drug-likeness (QED) is 0.0153. The third-order valence-electron chi connectivity index (χ3n) is 18.8. The molecule has 5 aliphatic heterocycles. The van der Waals surface area contributed by atoms with Gasteiger partial charge >= 0.3 is 7.60 Å². The summed E-state index contributed by atoms with van der Waals surface area (Å²) in [5, 5.41) is 127. The van der Waals surface area contributed by atoms with Crippen LogP contribution in [0.1, 0.15) is 106 Å². The summed E-state index contributed by atoms with van der Waals surface area (Å²) in [5.41, 5.74) is -2.56. The van der Waals surface area contributed by atoms with Crippen molar-refractivity contribution in [1.82, 2.24) is 58.1 Å². The number of aliphatic hydroxyl groups is 10. The SMILES string of the molecule is C=P(O)(OC[C@@H]1C[C@@H](O)CN1C(=O)CCC(=O)NC(COCCC(=O)NCNC(=O)CCO[C@@H]1OC(CO)[C@H](O)[C@H](O)C1NC(C)=O)(COCCC(=O)NCNC(=O)CCO[C@@H]1OC(CO)[C@H](O)[C@H](O)C1NC(C)=O)COCCC(=O)NCNC(=O)CCO[C@@H]1OC(CO)[C@H](O)[C@H](O)C1NC(C)=O)O[C@H]1C[C@H](C)O[C@@H]1COP(=O)(O)C(C)C. The van der Waals surface area contributed by atoms with Crippen LogP contribution in [0.5, 0.6) is 0 Å². The van der Waals surface area contributed by atoms with Crippen molar-refractivity contribution >= 4 is 86.4 Å². The number of carbonyl (C=O) groups is 11. The fraction of sp³-hybridized carbons (Fsp3) is 0.824. The predicted molar refractivity (Wildman–Crippen MR) is 401 cm³/mol. The number of amides is 11. The Kier molecular flexibility index (Phi) is 44.2. The van der Waals surface area contributed by atoms with E-state index in [1.54, 1.807) is 6.92 Å². The molecule has 0 spiro atoms. The zero-order valence-electron chi connectivity index (χ0n) is 66.5. The van der Waals surface area contributed by atoms with Crippen molar-refractivity contribution in [2.45, 2.75) is 239 Å². The zero-order chi connectivity index (χ0) is 87.6. The van der Waals surface area contributed by atoms with Crippen molar-refractivity contribution in [3.8, 4) is 0 Å². The lowest BCUT2D eigenvalue weighted by Gasteiger charge is -2.42. The third kappa shape index (κ3) is 34.9. The van der Waals surface area contributed by atoms with Crippen molar-refractivity contribution in [3.63, 3.8) is 0 Å². The number of ether oxygens (including phenoxy) is 10. The van der Waals surface area contributed by atoms with E-state index in [2.05, 4.69) is 59.5 Å². The van der Waals surface area contributed by atoms with Gasteiger partial charge in [-0.25, -0.2) is 0 Å². The minimum absolute atomic E-state index is 0.0451. The first-order valence-corrected chi connectivity index (χ1v) is 41.7. The second-order valence-corrected chi connectivity index (χ2v) is 33.0. The van der Waals surface area contributed by atoms with Crippen molar-refractivity contribution in [2.24, 2.45) is 0 Å². The average Bonchev–Trinajstić information content (AvgIpc) is 1.28. The molecule has 678 valence electrons. The Balaban J connectivity index is 1.26. The summed E-state index contributed by atoms with van der Waals surface area (Å²) in [5.74, 6) is -7.37. The lowest BCUT2D eigenvalue weighted by atomic mass is 9.97. The number of likely N-dealkylation sites (tertiary alicyclic amines) is 1. The molecular weight excluding hydrogens is 1620 g/mol. The highest BCUT2D eigenvalue weighted by Crippen LogP contribution is 2.50. The second kappa shape index (κ2) is 50.9. The maximum absolute atomic E-state index is 14.3. The Bertz CT molecular complexity index is 3100. The van der Waals surface area contributed by atoms with Crippen LogP contribution in [0.15, 0.2) is 0 Å². The van der Waals surface area contributed by atoms with Crippen LogP contribution in [0, 0.1) is 0 Å². The van der Waals surface area contributed by atoms with Crippen LogP contribution in [-0.2, 0) is 118 Å². The van der Waals surface area contributed by atoms with Crippen LogP contribution < -0.4 is 53.2 Å². The molecule has 22 atom stereocenters. The lowest BCUT2D eigenvalue weighted by Crippen LogP contribution is -2.64. The van der Waals surface area contributed by atoms with Gasteiger partial charge in [0.05, 0.1) is 181 Å². The van der Waals surface area contributed by atoms with Crippen molar-refractivity contribution in [2.75, 3.05) is 119 Å². The highest BCUT2D eigenvalue weighted by atomic mass is 31.2. The highest BCUT2D eigenvalue weighted by Gasteiger charge is 2.49. The molecule has 5 saturated heterocycles. The predicted octanol–water partition coefficient (Wildman–Crippen LogP) is -10.2. The molecule has 118 heavy (non-hydrogen) atoms. The molecule has 0 saturated carbocycles. The summed E-state index contributed by atoms with van der Waals surface area (Å²) in [6.45, 7) is -0.314. The molecule has 5 rings (SSSR count). The molecular formula is C68H119N11O37P2. The molecule has 0 radical (unpaired) electrons. The lowest BCUT2D eigenvalue weighted by molar-refractivity contribution is -0.270. The summed E-state index contributed by atoms with van der Waals surface area (Å²) in [6.07, 6.45) is -20.4. The van der Waals surface area contributed by atoms with Gasteiger partial charge in [-0.3, -0.25) is 57.3 Å². The maximum atomic E-state index is 14.3. The Morgan fingerprint density at radius 2 is 0.831 bits per heavy atom.